The zero-order valence-electron chi connectivity index (χ0n) is 11.6. The van der Waals surface area contributed by atoms with E-state index in [2.05, 4.69) is 4.90 Å². The number of aryl methyl sites for hydroxylation is 1. The average molecular weight is 250 g/mol. The molecule has 0 saturated heterocycles. The van der Waals surface area contributed by atoms with Gasteiger partial charge in [0.05, 0.1) is 5.56 Å². The lowest BCUT2D eigenvalue weighted by Gasteiger charge is -2.19. The van der Waals surface area contributed by atoms with Crippen molar-refractivity contribution in [3.05, 3.63) is 29.3 Å². The quantitative estimate of drug-likeness (QED) is 0.865. The van der Waals surface area contributed by atoms with E-state index < -0.39 is 0 Å². The van der Waals surface area contributed by atoms with Gasteiger partial charge in [0.1, 0.15) is 5.75 Å². The molecule has 1 aromatic rings. The molecule has 1 aromatic carbocycles. The molecule has 0 unspecified atom stereocenters. The summed E-state index contributed by atoms with van der Waals surface area (Å²) < 4.78 is 0. The summed E-state index contributed by atoms with van der Waals surface area (Å²) in [5.41, 5.74) is 1.35. The van der Waals surface area contributed by atoms with Crippen LogP contribution in [-0.2, 0) is 0 Å². The molecule has 0 aliphatic carbocycles. The van der Waals surface area contributed by atoms with Gasteiger partial charge in [0.25, 0.3) is 5.91 Å². The minimum Gasteiger partial charge on any atom is -0.507 e. The fraction of sp³-hybridized carbons (Fsp3) is 0.500. The van der Waals surface area contributed by atoms with E-state index >= 15 is 0 Å². The molecule has 18 heavy (non-hydrogen) atoms. The number of phenolic OH excluding ortho intramolecular Hbond substituents is 1. The molecular weight excluding hydrogens is 228 g/mol. The standard InChI is InChI=1S/C14H22N2O2/c1-11-6-7-13(17)12(10-11)14(18)16(4)9-5-8-15(2)3/h6-7,10,17H,5,8-9H2,1-4H3. The molecule has 0 radical (unpaired) electrons. The Labute approximate surface area is 109 Å². The summed E-state index contributed by atoms with van der Waals surface area (Å²) in [6.45, 7) is 3.53. The average Bonchev–Trinajstić information content (AvgIpc) is 2.30. The topological polar surface area (TPSA) is 43.8 Å². The van der Waals surface area contributed by atoms with Crippen LogP contribution in [0.15, 0.2) is 18.2 Å². The van der Waals surface area contributed by atoms with Crippen molar-refractivity contribution >= 4 is 5.91 Å². The first-order valence-electron chi connectivity index (χ1n) is 6.11. The van der Waals surface area contributed by atoms with Gasteiger partial charge in [-0.3, -0.25) is 4.79 Å². The molecule has 4 heteroatoms. The van der Waals surface area contributed by atoms with Gasteiger partial charge >= 0.3 is 0 Å². The maximum atomic E-state index is 12.1. The van der Waals surface area contributed by atoms with Gasteiger partial charge < -0.3 is 14.9 Å². The van der Waals surface area contributed by atoms with Gasteiger partial charge in [-0.25, -0.2) is 0 Å². The van der Waals surface area contributed by atoms with Crippen molar-refractivity contribution in [2.45, 2.75) is 13.3 Å². The number of hydrogen-bond acceptors (Lipinski definition) is 3. The predicted molar refractivity (Wildman–Crippen MR) is 73.0 cm³/mol. The number of benzene rings is 1. The lowest BCUT2D eigenvalue weighted by Crippen LogP contribution is -2.29. The molecule has 1 rings (SSSR count). The largest absolute Gasteiger partial charge is 0.507 e. The SMILES string of the molecule is Cc1ccc(O)c(C(=O)N(C)CCCN(C)C)c1. The van der Waals surface area contributed by atoms with Crippen LogP contribution in [-0.4, -0.2) is 55.0 Å². The Balaban J connectivity index is 2.65. The molecule has 0 aromatic heterocycles. The van der Waals surface area contributed by atoms with E-state index in [-0.39, 0.29) is 11.7 Å². The van der Waals surface area contributed by atoms with Crippen LogP contribution in [0.3, 0.4) is 0 Å². The molecule has 0 atom stereocenters. The number of hydrogen-bond donors (Lipinski definition) is 1. The summed E-state index contributed by atoms with van der Waals surface area (Å²) in [5, 5.41) is 9.71. The number of phenols is 1. The lowest BCUT2D eigenvalue weighted by atomic mass is 10.1. The van der Waals surface area contributed by atoms with Crippen molar-refractivity contribution in [1.29, 1.82) is 0 Å². The van der Waals surface area contributed by atoms with Crippen LogP contribution in [0, 0.1) is 6.92 Å². The summed E-state index contributed by atoms with van der Waals surface area (Å²) >= 11 is 0. The second-order valence-corrected chi connectivity index (χ2v) is 4.90. The van der Waals surface area contributed by atoms with E-state index in [9.17, 15) is 9.90 Å². The second kappa shape index (κ2) is 6.40. The third-order valence-corrected chi connectivity index (χ3v) is 2.83. The molecule has 1 amide bonds. The number of nitrogens with zero attached hydrogens (tertiary/aromatic N) is 2. The first kappa shape index (κ1) is 14.5. The summed E-state index contributed by atoms with van der Waals surface area (Å²) in [7, 11) is 5.78. The Hall–Kier alpha value is -1.55. The van der Waals surface area contributed by atoms with E-state index in [1.807, 2.05) is 21.0 Å². The Bertz CT molecular complexity index is 416. The van der Waals surface area contributed by atoms with Crippen LogP contribution >= 0.6 is 0 Å². The fourth-order valence-corrected chi connectivity index (χ4v) is 1.75. The molecule has 4 nitrogen and oxygen atoms in total. The molecular formula is C14H22N2O2. The highest BCUT2D eigenvalue weighted by atomic mass is 16.3. The van der Waals surface area contributed by atoms with Crippen LogP contribution in [0.25, 0.3) is 0 Å². The Morgan fingerprint density at radius 1 is 1.22 bits per heavy atom. The van der Waals surface area contributed by atoms with Crippen LogP contribution in [0.5, 0.6) is 5.75 Å². The summed E-state index contributed by atoms with van der Waals surface area (Å²) in [6, 6.07) is 5.08. The van der Waals surface area contributed by atoms with Crippen LogP contribution < -0.4 is 0 Å². The van der Waals surface area contributed by atoms with E-state index in [0.717, 1.165) is 18.5 Å². The first-order chi connectivity index (χ1) is 8.41. The van der Waals surface area contributed by atoms with Gasteiger partial charge in [-0.2, -0.15) is 0 Å². The Morgan fingerprint density at radius 3 is 2.50 bits per heavy atom. The predicted octanol–water partition coefficient (Wildman–Crippen LogP) is 1.72. The smallest absolute Gasteiger partial charge is 0.257 e. The second-order valence-electron chi connectivity index (χ2n) is 4.90. The Morgan fingerprint density at radius 2 is 1.89 bits per heavy atom. The number of carbonyl (C=O) groups is 1. The molecule has 1 N–H and O–H groups in total. The highest BCUT2D eigenvalue weighted by Gasteiger charge is 2.15. The van der Waals surface area contributed by atoms with Gasteiger partial charge in [-0.15, -0.1) is 0 Å². The maximum Gasteiger partial charge on any atom is 0.257 e. The summed E-state index contributed by atoms with van der Waals surface area (Å²) in [5.74, 6) is -0.0833. The molecule has 0 saturated carbocycles. The van der Waals surface area contributed by atoms with Gasteiger partial charge in [0.2, 0.25) is 0 Å². The molecule has 0 aliphatic rings. The third-order valence-electron chi connectivity index (χ3n) is 2.83. The minimum absolute atomic E-state index is 0.0464. The number of carbonyl (C=O) groups excluding carboxylic acids is 1. The van der Waals surface area contributed by atoms with Crippen molar-refractivity contribution in [2.24, 2.45) is 0 Å². The van der Waals surface area contributed by atoms with Gasteiger partial charge in [-0.05, 0) is 46.1 Å². The molecule has 0 heterocycles. The fourth-order valence-electron chi connectivity index (χ4n) is 1.75. The van der Waals surface area contributed by atoms with E-state index in [4.69, 9.17) is 0 Å². The number of rotatable bonds is 5. The maximum absolute atomic E-state index is 12.1. The van der Waals surface area contributed by atoms with Gasteiger partial charge in [0, 0.05) is 13.6 Å². The van der Waals surface area contributed by atoms with Crippen molar-refractivity contribution in [3.8, 4) is 5.75 Å². The minimum atomic E-state index is -0.130. The monoisotopic (exact) mass is 250 g/mol. The van der Waals surface area contributed by atoms with Gasteiger partial charge in [0.15, 0.2) is 0 Å². The van der Waals surface area contributed by atoms with Crippen LogP contribution in [0.1, 0.15) is 22.3 Å². The van der Waals surface area contributed by atoms with Crippen molar-refractivity contribution in [2.75, 3.05) is 34.2 Å². The molecule has 0 fully saturated rings. The van der Waals surface area contributed by atoms with E-state index in [1.165, 1.54) is 0 Å². The number of aromatic hydroxyl groups is 1. The lowest BCUT2D eigenvalue weighted by molar-refractivity contribution is 0.0787. The van der Waals surface area contributed by atoms with Crippen LogP contribution in [0.2, 0.25) is 0 Å². The van der Waals surface area contributed by atoms with E-state index in [1.54, 1.807) is 30.1 Å². The molecule has 100 valence electrons. The highest BCUT2D eigenvalue weighted by molar-refractivity contribution is 5.96. The van der Waals surface area contributed by atoms with Gasteiger partial charge in [-0.1, -0.05) is 11.6 Å². The van der Waals surface area contributed by atoms with Crippen molar-refractivity contribution in [3.63, 3.8) is 0 Å². The van der Waals surface area contributed by atoms with E-state index in [0.29, 0.717) is 12.1 Å². The summed E-state index contributed by atoms with van der Waals surface area (Å²) in [6.07, 6.45) is 0.918. The van der Waals surface area contributed by atoms with Crippen molar-refractivity contribution in [1.82, 2.24) is 9.80 Å². The Kier molecular flexibility index (Phi) is 5.16. The molecule has 0 spiro atoms. The van der Waals surface area contributed by atoms with Crippen molar-refractivity contribution < 1.29 is 9.90 Å². The normalized spacial score (nSPS) is 10.7. The molecule has 0 aliphatic heterocycles. The molecule has 0 bridgehead atoms. The first-order valence-corrected chi connectivity index (χ1v) is 6.11. The zero-order valence-corrected chi connectivity index (χ0v) is 11.6. The number of amides is 1. The van der Waals surface area contributed by atoms with Crippen LogP contribution in [0.4, 0.5) is 0 Å². The summed E-state index contributed by atoms with van der Waals surface area (Å²) in [4.78, 5) is 15.9. The zero-order chi connectivity index (χ0) is 13.7. The highest BCUT2D eigenvalue weighted by Crippen LogP contribution is 2.19. The third kappa shape index (κ3) is 4.04.